The quantitative estimate of drug-likeness (QED) is 0.806. The van der Waals surface area contributed by atoms with Crippen LogP contribution in [0.3, 0.4) is 0 Å². The molecule has 3 rings (SSSR count). The van der Waals surface area contributed by atoms with Gasteiger partial charge in [-0.15, -0.1) is 12.4 Å². The van der Waals surface area contributed by atoms with Gasteiger partial charge in [0, 0.05) is 18.8 Å². The topological polar surface area (TPSA) is 46.3 Å². The highest BCUT2D eigenvalue weighted by Gasteiger charge is 2.40. The van der Waals surface area contributed by atoms with Crippen LogP contribution in [0.1, 0.15) is 48.9 Å². The Morgan fingerprint density at radius 1 is 1.10 bits per heavy atom. The van der Waals surface area contributed by atoms with Crippen LogP contribution in [0, 0.1) is 5.41 Å². The molecule has 3 nitrogen and oxygen atoms in total. The predicted molar refractivity (Wildman–Crippen MR) is 84.1 cm³/mol. The molecular weight excluding hydrogens is 272 g/mol. The number of anilines is 1. The van der Waals surface area contributed by atoms with E-state index in [1.54, 1.807) is 6.07 Å². The van der Waals surface area contributed by atoms with Crippen LogP contribution in [0.5, 0.6) is 0 Å². The van der Waals surface area contributed by atoms with Gasteiger partial charge in [-0.2, -0.15) is 0 Å². The lowest BCUT2D eigenvalue weighted by Gasteiger charge is -2.33. The van der Waals surface area contributed by atoms with E-state index in [0.717, 1.165) is 13.1 Å². The number of likely N-dealkylation sites (tertiary alicyclic amines) is 1. The summed E-state index contributed by atoms with van der Waals surface area (Å²) in [7, 11) is 0. The monoisotopic (exact) mass is 294 g/mol. The van der Waals surface area contributed by atoms with Crippen molar-refractivity contribution in [2.75, 3.05) is 18.8 Å². The van der Waals surface area contributed by atoms with Crippen LogP contribution in [0.2, 0.25) is 0 Å². The molecule has 20 heavy (non-hydrogen) atoms. The highest BCUT2D eigenvalue weighted by molar-refractivity contribution is 5.99. The lowest BCUT2D eigenvalue weighted by Crippen LogP contribution is -2.33. The summed E-state index contributed by atoms with van der Waals surface area (Å²) < 4.78 is 0. The van der Waals surface area contributed by atoms with Gasteiger partial charge in [-0.1, -0.05) is 31.4 Å². The first-order chi connectivity index (χ1) is 9.20. The minimum absolute atomic E-state index is 0. The largest absolute Gasteiger partial charge is 0.398 e. The predicted octanol–water partition coefficient (Wildman–Crippen LogP) is 3.49. The van der Waals surface area contributed by atoms with Crippen molar-refractivity contribution >= 4 is 24.0 Å². The molecule has 0 bridgehead atoms. The van der Waals surface area contributed by atoms with E-state index in [9.17, 15) is 4.79 Å². The minimum atomic E-state index is 0. The summed E-state index contributed by atoms with van der Waals surface area (Å²) in [6, 6.07) is 7.40. The molecule has 1 heterocycles. The van der Waals surface area contributed by atoms with Crippen LogP contribution >= 0.6 is 12.4 Å². The zero-order valence-corrected chi connectivity index (χ0v) is 12.6. The Kier molecular flexibility index (Phi) is 4.59. The smallest absolute Gasteiger partial charge is 0.255 e. The van der Waals surface area contributed by atoms with E-state index >= 15 is 0 Å². The summed E-state index contributed by atoms with van der Waals surface area (Å²) in [5.41, 5.74) is 7.58. The first-order valence-corrected chi connectivity index (χ1v) is 7.34. The SMILES string of the molecule is Cl.Nc1ccccc1C(=O)N1CCC2(CCCCC2)C1. The highest BCUT2D eigenvalue weighted by atomic mass is 35.5. The molecule has 4 heteroatoms. The molecule has 1 saturated heterocycles. The molecule has 1 spiro atoms. The number of rotatable bonds is 1. The summed E-state index contributed by atoms with van der Waals surface area (Å²) in [5, 5.41) is 0. The van der Waals surface area contributed by atoms with E-state index in [1.807, 2.05) is 23.1 Å². The van der Waals surface area contributed by atoms with Gasteiger partial charge in [0.25, 0.3) is 5.91 Å². The first kappa shape index (κ1) is 15.2. The maximum Gasteiger partial charge on any atom is 0.255 e. The van der Waals surface area contributed by atoms with Gasteiger partial charge < -0.3 is 10.6 Å². The molecule has 2 fully saturated rings. The van der Waals surface area contributed by atoms with Crippen molar-refractivity contribution in [3.63, 3.8) is 0 Å². The third-order valence-electron chi connectivity index (χ3n) is 4.83. The molecular formula is C16H23ClN2O. The molecule has 2 aliphatic rings. The number of carbonyl (C=O) groups excluding carboxylic acids is 1. The fourth-order valence-corrected chi connectivity index (χ4v) is 3.68. The number of nitrogen functional groups attached to an aromatic ring is 1. The van der Waals surface area contributed by atoms with E-state index in [1.165, 1.54) is 38.5 Å². The highest BCUT2D eigenvalue weighted by Crippen LogP contribution is 2.44. The average Bonchev–Trinajstić information content (AvgIpc) is 2.83. The van der Waals surface area contributed by atoms with E-state index in [4.69, 9.17) is 5.73 Å². The van der Waals surface area contributed by atoms with Crippen LogP contribution in [0.4, 0.5) is 5.69 Å². The summed E-state index contributed by atoms with van der Waals surface area (Å²) in [4.78, 5) is 14.6. The molecule has 1 saturated carbocycles. The number of amides is 1. The molecule has 0 atom stereocenters. The van der Waals surface area contributed by atoms with Crippen molar-refractivity contribution in [1.82, 2.24) is 4.90 Å². The van der Waals surface area contributed by atoms with E-state index < -0.39 is 0 Å². The van der Waals surface area contributed by atoms with Crippen molar-refractivity contribution < 1.29 is 4.79 Å². The molecule has 1 aromatic carbocycles. The van der Waals surface area contributed by atoms with Gasteiger partial charge in [0.1, 0.15) is 0 Å². The molecule has 110 valence electrons. The van der Waals surface area contributed by atoms with E-state index in [-0.39, 0.29) is 18.3 Å². The molecule has 0 radical (unpaired) electrons. The normalized spacial score (nSPS) is 20.7. The summed E-state index contributed by atoms with van der Waals surface area (Å²) in [6.07, 6.45) is 7.78. The maximum absolute atomic E-state index is 12.5. The van der Waals surface area contributed by atoms with Crippen molar-refractivity contribution in [1.29, 1.82) is 0 Å². The van der Waals surface area contributed by atoms with Gasteiger partial charge in [-0.05, 0) is 36.8 Å². The molecule has 1 aliphatic carbocycles. The van der Waals surface area contributed by atoms with Crippen LogP contribution in [-0.2, 0) is 0 Å². The van der Waals surface area contributed by atoms with Gasteiger partial charge in [-0.25, -0.2) is 0 Å². The summed E-state index contributed by atoms with van der Waals surface area (Å²) in [6.45, 7) is 1.83. The van der Waals surface area contributed by atoms with Crippen molar-refractivity contribution in [3.8, 4) is 0 Å². The minimum Gasteiger partial charge on any atom is -0.398 e. The van der Waals surface area contributed by atoms with Gasteiger partial charge in [0.15, 0.2) is 0 Å². The number of para-hydroxylation sites is 1. The van der Waals surface area contributed by atoms with Crippen molar-refractivity contribution in [3.05, 3.63) is 29.8 Å². The fraction of sp³-hybridized carbons (Fsp3) is 0.562. The number of nitrogens with two attached hydrogens (primary N) is 1. The standard InChI is InChI=1S/C16H22N2O.ClH/c17-14-7-3-2-6-13(14)15(19)18-11-10-16(12-18)8-4-1-5-9-16;/h2-3,6-7H,1,4-5,8-12,17H2;1H. The Labute approximate surface area is 126 Å². The number of hydrogen-bond donors (Lipinski definition) is 1. The second kappa shape index (κ2) is 6.04. The molecule has 0 aromatic heterocycles. The third kappa shape index (κ3) is 2.78. The molecule has 1 aliphatic heterocycles. The van der Waals surface area contributed by atoms with Crippen LogP contribution < -0.4 is 5.73 Å². The number of halogens is 1. The number of nitrogens with zero attached hydrogens (tertiary/aromatic N) is 1. The Hall–Kier alpha value is -1.22. The van der Waals surface area contributed by atoms with E-state index in [2.05, 4.69) is 0 Å². The number of carbonyl (C=O) groups is 1. The van der Waals surface area contributed by atoms with E-state index in [0.29, 0.717) is 16.7 Å². The van der Waals surface area contributed by atoms with Crippen LogP contribution in [-0.4, -0.2) is 23.9 Å². The third-order valence-corrected chi connectivity index (χ3v) is 4.83. The Bertz CT molecular complexity index is 483. The average molecular weight is 295 g/mol. The first-order valence-electron chi connectivity index (χ1n) is 7.34. The van der Waals surface area contributed by atoms with Crippen LogP contribution in [0.15, 0.2) is 24.3 Å². The van der Waals surface area contributed by atoms with Crippen LogP contribution in [0.25, 0.3) is 0 Å². The summed E-state index contributed by atoms with van der Waals surface area (Å²) in [5.74, 6) is 0.112. The van der Waals surface area contributed by atoms with Gasteiger partial charge in [0.05, 0.1) is 5.56 Å². The Morgan fingerprint density at radius 2 is 1.80 bits per heavy atom. The molecule has 2 N–H and O–H groups in total. The lowest BCUT2D eigenvalue weighted by atomic mass is 9.73. The van der Waals surface area contributed by atoms with Gasteiger partial charge in [0.2, 0.25) is 0 Å². The Balaban J connectivity index is 0.00000147. The van der Waals surface area contributed by atoms with Gasteiger partial charge >= 0.3 is 0 Å². The maximum atomic E-state index is 12.5. The second-order valence-corrected chi connectivity index (χ2v) is 6.12. The van der Waals surface area contributed by atoms with Crippen molar-refractivity contribution in [2.24, 2.45) is 5.41 Å². The van der Waals surface area contributed by atoms with Crippen molar-refractivity contribution in [2.45, 2.75) is 38.5 Å². The zero-order chi connectivity index (χ0) is 13.3. The molecule has 1 aromatic rings. The second-order valence-electron chi connectivity index (χ2n) is 6.12. The zero-order valence-electron chi connectivity index (χ0n) is 11.8. The number of benzene rings is 1. The van der Waals surface area contributed by atoms with Gasteiger partial charge in [-0.3, -0.25) is 4.79 Å². The lowest BCUT2D eigenvalue weighted by molar-refractivity contribution is 0.0760. The molecule has 0 unspecified atom stereocenters. The molecule has 1 amide bonds. The number of hydrogen-bond acceptors (Lipinski definition) is 2. The Morgan fingerprint density at radius 3 is 2.50 bits per heavy atom. The fourth-order valence-electron chi connectivity index (χ4n) is 3.68. The summed E-state index contributed by atoms with van der Waals surface area (Å²) >= 11 is 0.